The number of rotatable bonds is 5. The molecule has 0 aliphatic carbocycles. The van der Waals surface area contributed by atoms with Crippen molar-refractivity contribution in [2.45, 2.75) is 60.0 Å². The van der Waals surface area contributed by atoms with Crippen LogP contribution >= 0.6 is 0 Å². The number of nitrogens with one attached hydrogen (secondary N) is 2. The van der Waals surface area contributed by atoms with Crippen molar-refractivity contribution >= 4 is 6.02 Å². The van der Waals surface area contributed by atoms with Crippen molar-refractivity contribution in [1.82, 2.24) is 10.8 Å². The molecule has 94 valence electrons. The molecule has 2 N–H and O–H groups in total. The zero-order valence-electron chi connectivity index (χ0n) is 11.3. The minimum atomic E-state index is 0.207. The van der Waals surface area contributed by atoms with Gasteiger partial charge in [-0.05, 0) is 41.0 Å². The second-order valence-electron chi connectivity index (χ2n) is 4.20. The van der Waals surface area contributed by atoms with E-state index in [0.29, 0.717) is 12.1 Å². The standard InChI is InChI=1S/C12H25N3O/c1-7-11(8-2)15-16-12(13-9(3)4)14-10(5)6/h7,9-10,15H,8H2,1-6H3,(H,13,14). The number of allylic oxidation sites excluding steroid dienone is 2. The third-order valence-corrected chi connectivity index (χ3v) is 1.80. The normalized spacial score (nSPS) is 13.2. The maximum absolute atomic E-state index is 5.43. The lowest BCUT2D eigenvalue weighted by Crippen LogP contribution is -2.36. The topological polar surface area (TPSA) is 45.6 Å². The fourth-order valence-electron chi connectivity index (χ4n) is 1.02. The van der Waals surface area contributed by atoms with Crippen LogP contribution in [0.15, 0.2) is 16.8 Å². The van der Waals surface area contributed by atoms with Crippen LogP contribution in [0, 0.1) is 0 Å². The summed E-state index contributed by atoms with van der Waals surface area (Å²) < 4.78 is 0. The van der Waals surface area contributed by atoms with Crippen molar-refractivity contribution in [3.05, 3.63) is 11.8 Å². The van der Waals surface area contributed by atoms with E-state index in [2.05, 4.69) is 36.6 Å². The zero-order chi connectivity index (χ0) is 12.6. The number of hydroxylamine groups is 1. The first kappa shape index (κ1) is 14.8. The van der Waals surface area contributed by atoms with E-state index in [0.717, 1.165) is 12.1 Å². The molecular formula is C12H25N3O. The summed E-state index contributed by atoms with van der Waals surface area (Å²) in [6, 6.07) is 1.05. The lowest BCUT2D eigenvalue weighted by molar-refractivity contribution is 0.195. The minimum Gasteiger partial charge on any atom is -0.343 e. The van der Waals surface area contributed by atoms with Crippen LogP contribution < -0.4 is 10.8 Å². The quantitative estimate of drug-likeness (QED) is 0.431. The summed E-state index contributed by atoms with van der Waals surface area (Å²) in [6.07, 6.45) is 2.90. The maximum Gasteiger partial charge on any atom is 0.312 e. The molecule has 0 spiro atoms. The average molecular weight is 227 g/mol. The highest BCUT2D eigenvalue weighted by Gasteiger charge is 2.04. The summed E-state index contributed by atoms with van der Waals surface area (Å²) in [4.78, 5) is 9.78. The van der Waals surface area contributed by atoms with Gasteiger partial charge in [0, 0.05) is 17.8 Å². The largest absolute Gasteiger partial charge is 0.343 e. The molecule has 0 saturated heterocycles. The van der Waals surface area contributed by atoms with E-state index in [1.165, 1.54) is 0 Å². The molecule has 0 rings (SSSR count). The number of hydrogen-bond donors (Lipinski definition) is 2. The third kappa shape index (κ3) is 7.15. The Morgan fingerprint density at radius 1 is 1.31 bits per heavy atom. The van der Waals surface area contributed by atoms with Crippen LogP contribution in [-0.2, 0) is 4.84 Å². The van der Waals surface area contributed by atoms with Gasteiger partial charge in [0.15, 0.2) is 0 Å². The lowest BCUT2D eigenvalue weighted by Gasteiger charge is -2.16. The summed E-state index contributed by atoms with van der Waals surface area (Å²) in [7, 11) is 0. The maximum atomic E-state index is 5.43. The summed E-state index contributed by atoms with van der Waals surface area (Å²) in [5.41, 5.74) is 3.94. The van der Waals surface area contributed by atoms with Gasteiger partial charge in [-0.3, -0.25) is 0 Å². The van der Waals surface area contributed by atoms with E-state index >= 15 is 0 Å². The fraction of sp³-hybridized carbons (Fsp3) is 0.750. The molecule has 16 heavy (non-hydrogen) atoms. The van der Waals surface area contributed by atoms with Crippen LogP contribution in [0.1, 0.15) is 48.0 Å². The second kappa shape index (κ2) is 8.02. The number of hydrogen-bond acceptors (Lipinski definition) is 3. The van der Waals surface area contributed by atoms with E-state index in [1.807, 2.05) is 26.8 Å². The van der Waals surface area contributed by atoms with Crippen molar-refractivity contribution in [1.29, 1.82) is 0 Å². The van der Waals surface area contributed by atoms with Gasteiger partial charge in [0.2, 0.25) is 0 Å². The third-order valence-electron chi connectivity index (χ3n) is 1.80. The average Bonchev–Trinajstić information content (AvgIpc) is 2.17. The molecule has 0 bridgehead atoms. The van der Waals surface area contributed by atoms with Crippen LogP contribution in [-0.4, -0.2) is 18.1 Å². The van der Waals surface area contributed by atoms with E-state index in [9.17, 15) is 0 Å². The summed E-state index contributed by atoms with van der Waals surface area (Å²) in [6.45, 7) is 12.2. The Morgan fingerprint density at radius 2 is 1.94 bits per heavy atom. The Balaban J connectivity index is 4.33. The van der Waals surface area contributed by atoms with Crippen molar-refractivity contribution in [2.75, 3.05) is 0 Å². The molecule has 0 fully saturated rings. The van der Waals surface area contributed by atoms with E-state index < -0.39 is 0 Å². The highest BCUT2D eigenvalue weighted by Crippen LogP contribution is 1.96. The molecule has 0 aliphatic heterocycles. The van der Waals surface area contributed by atoms with Crippen LogP contribution in [0.25, 0.3) is 0 Å². The Hall–Kier alpha value is -1.19. The predicted octanol–water partition coefficient (Wildman–Crippen LogP) is 2.58. The predicted molar refractivity (Wildman–Crippen MR) is 69.1 cm³/mol. The molecule has 0 aromatic carbocycles. The van der Waals surface area contributed by atoms with Crippen LogP contribution in [0.5, 0.6) is 0 Å². The first-order valence-electron chi connectivity index (χ1n) is 5.91. The minimum absolute atomic E-state index is 0.207. The number of aliphatic imine (C=N–C) groups is 1. The van der Waals surface area contributed by atoms with Crippen molar-refractivity contribution in [3.8, 4) is 0 Å². The van der Waals surface area contributed by atoms with Crippen molar-refractivity contribution < 1.29 is 4.84 Å². The van der Waals surface area contributed by atoms with Gasteiger partial charge in [-0.2, -0.15) is 0 Å². The van der Waals surface area contributed by atoms with Crippen LogP contribution in [0.4, 0.5) is 0 Å². The highest BCUT2D eigenvalue weighted by molar-refractivity contribution is 5.73. The van der Waals surface area contributed by atoms with Gasteiger partial charge in [-0.15, -0.1) is 0 Å². The first-order chi connectivity index (χ1) is 7.49. The van der Waals surface area contributed by atoms with Gasteiger partial charge in [-0.25, -0.2) is 10.5 Å². The van der Waals surface area contributed by atoms with Crippen LogP contribution in [0.2, 0.25) is 0 Å². The Morgan fingerprint density at radius 3 is 2.31 bits per heavy atom. The summed E-state index contributed by atoms with van der Waals surface area (Å²) in [5.74, 6) is 0. The molecule has 0 unspecified atom stereocenters. The van der Waals surface area contributed by atoms with Gasteiger partial charge >= 0.3 is 6.02 Å². The first-order valence-corrected chi connectivity index (χ1v) is 5.91. The monoisotopic (exact) mass is 227 g/mol. The number of amidine groups is 1. The van der Waals surface area contributed by atoms with Gasteiger partial charge in [-0.1, -0.05) is 13.0 Å². The SMILES string of the molecule is CC=C(CC)NOC(=NC(C)C)NC(C)C. The molecule has 0 atom stereocenters. The summed E-state index contributed by atoms with van der Waals surface area (Å²) in [5, 5.41) is 3.15. The fourth-order valence-corrected chi connectivity index (χ4v) is 1.02. The molecular weight excluding hydrogens is 202 g/mol. The molecule has 0 amide bonds. The molecule has 0 radical (unpaired) electrons. The van der Waals surface area contributed by atoms with Gasteiger partial charge in [0.1, 0.15) is 0 Å². The molecule has 4 heteroatoms. The Labute approximate surface area is 99.1 Å². The molecule has 0 aromatic rings. The molecule has 0 heterocycles. The van der Waals surface area contributed by atoms with E-state index in [4.69, 9.17) is 4.84 Å². The second-order valence-corrected chi connectivity index (χ2v) is 4.20. The Kier molecular flexibility index (Phi) is 7.42. The summed E-state index contributed by atoms with van der Waals surface area (Å²) >= 11 is 0. The number of nitrogens with zero attached hydrogens (tertiary/aromatic N) is 1. The molecule has 0 saturated carbocycles. The molecule has 0 aromatic heterocycles. The smallest absolute Gasteiger partial charge is 0.312 e. The molecule has 0 aliphatic rings. The van der Waals surface area contributed by atoms with Gasteiger partial charge in [0.25, 0.3) is 0 Å². The van der Waals surface area contributed by atoms with Gasteiger partial charge < -0.3 is 10.2 Å². The highest BCUT2D eigenvalue weighted by atomic mass is 16.7. The van der Waals surface area contributed by atoms with E-state index in [-0.39, 0.29) is 6.04 Å². The Bertz CT molecular complexity index is 245. The van der Waals surface area contributed by atoms with E-state index in [1.54, 1.807) is 0 Å². The van der Waals surface area contributed by atoms with Gasteiger partial charge in [0.05, 0.1) is 0 Å². The zero-order valence-corrected chi connectivity index (χ0v) is 11.3. The van der Waals surface area contributed by atoms with Crippen molar-refractivity contribution in [2.24, 2.45) is 4.99 Å². The molecule has 4 nitrogen and oxygen atoms in total. The van der Waals surface area contributed by atoms with Crippen LogP contribution in [0.3, 0.4) is 0 Å². The van der Waals surface area contributed by atoms with Crippen molar-refractivity contribution in [3.63, 3.8) is 0 Å². The lowest BCUT2D eigenvalue weighted by atomic mass is 10.3.